The maximum atomic E-state index is 12.8. The molecule has 0 fully saturated rings. The Morgan fingerprint density at radius 1 is 1.27 bits per heavy atom. The van der Waals surface area contributed by atoms with Gasteiger partial charge in [-0.1, -0.05) is 11.6 Å². The zero-order valence-corrected chi connectivity index (χ0v) is 17.4. The van der Waals surface area contributed by atoms with Gasteiger partial charge in [0.1, 0.15) is 11.8 Å². The number of benzene rings is 1. The van der Waals surface area contributed by atoms with E-state index in [9.17, 15) is 22.8 Å². The van der Waals surface area contributed by atoms with Crippen LogP contribution in [0.3, 0.4) is 0 Å². The molecule has 1 amide bonds. The third kappa shape index (κ3) is 9.06. The summed E-state index contributed by atoms with van der Waals surface area (Å²) in [4.78, 5) is 25.0. The summed E-state index contributed by atoms with van der Waals surface area (Å²) in [7, 11) is 2.79. The molecule has 1 atom stereocenters. The largest absolute Gasteiger partial charge is 0.573 e. The van der Waals surface area contributed by atoms with Gasteiger partial charge < -0.3 is 29.5 Å². The summed E-state index contributed by atoms with van der Waals surface area (Å²) in [6.45, 7) is 1.68. The number of nitrogens with one attached hydrogen (secondary N) is 1. The standard InChI is InChI=1S/C18H24ClF3N2O6/c1-11(23-12-6-7-13(19)14(9-12)30-18(20,21)22)17(27)24(8-4-5-15(25)26)10-16(28-2)29-3/h6-7,9,11,16,23H,4-5,8,10H2,1-3H3,(H,25,26)/t11-/m0/s1. The highest BCUT2D eigenvalue weighted by Crippen LogP contribution is 2.32. The Balaban J connectivity index is 2.90. The summed E-state index contributed by atoms with van der Waals surface area (Å²) in [6, 6.07) is 2.78. The second-order valence-corrected chi connectivity index (χ2v) is 6.65. The lowest BCUT2D eigenvalue weighted by Gasteiger charge is -2.29. The lowest BCUT2D eigenvalue weighted by atomic mass is 10.2. The first-order valence-electron chi connectivity index (χ1n) is 8.84. The number of alkyl halides is 3. The Kier molecular flexibility index (Phi) is 10.2. The first kappa shape index (κ1) is 25.8. The van der Waals surface area contributed by atoms with E-state index in [1.54, 1.807) is 0 Å². The van der Waals surface area contributed by atoms with E-state index in [4.69, 9.17) is 26.2 Å². The van der Waals surface area contributed by atoms with Crippen LogP contribution in [-0.2, 0) is 19.1 Å². The number of nitrogens with zero attached hydrogens (tertiary/aromatic N) is 1. The van der Waals surface area contributed by atoms with Crippen molar-refractivity contribution in [3.05, 3.63) is 23.2 Å². The average molecular weight is 457 g/mol. The number of carboxylic acid groups (broad SMARTS) is 1. The summed E-state index contributed by atoms with van der Waals surface area (Å²) in [5.41, 5.74) is 0.181. The maximum Gasteiger partial charge on any atom is 0.573 e. The third-order valence-corrected chi connectivity index (χ3v) is 4.25. The highest BCUT2D eigenvalue weighted by atomic mass is 35.5. The topological polar surface area (TPSA) is 97.3 Å². The van der Waals surface area contributed by atoms with Gasteiger partial charge in [-0.05, 0) is 25.5 Å². The van der Waals surface area contributed by atoms with E-state index in [2.05, 4.69) is 10.1 Å². The quantitative estimate of drug-likeness (QED) is 0.465. The zero-order valence-electron chi connectivity index (χ0n) is 16.7. The van der Waals surface area contributed by atoms with Gasteiger partial charge in [-0.2, -0.15) is 0 Å². The monoisotopic (exact) mass is 456 g/mol. The molecule has 8 nitrogen and oxygen atoms in total. The molecule has 1 rings (SSSR count). The fourth-order valence-electron chi connectivity index (χ4n) is 2.52. The molecule has 0 heterocycles. The van der Waals surface area contributed by atoms with Crippen LogP contribution in [0.4, 0.5) is 18.9 Å². The number of hydrogen-bond acceptors (Lipinski definition) is 6. The fourth-order valence-corrected chi connectivity index (χ4v) is 2.68. The van der Waals surface area contributed by atoms with Crippen molar-refractivity contribution in [1.29, 1.82) is 0 Å². The molecule has 0 aromatic heterocycles. The van der Waals surface area contributed by atoms with Gasteiger partial charge in [-0.25, -0.2) is 0 Å². The molecule has 0 unspecified atom stereocenters. The Labute approximate surface area is 176 Å². The SMILES string of the molecule is COC(CN(CCCC(=O)O)C(=O)[C@H](C)Nc1ccc(Cl)c(OC(F)(F)F)c1)OC. The second kappa shape index (κ2) is 11.8. The van der Waals surface area contributed by atoms with Crippen molar-refractivity contribution in [2.75, 3.05) is 32.6 Å². The van der Waals surface area contributed by atoms with Crippen molar-refractivity contribution in [2.45, 2.75) is 38.5 Å². The molecule has 0 aliphatic carbocycles. The predicted octanol–water partition coefficient (Wildman–Crippen LogP) is 3.35. The number of halogens is 4. The molecular weight excluding hydrogens is 433 g/mol. The van der Waals surface area contributed by atoms with E-state index >= 15 is 0 Å². The highest BCUT2D eigenvalue weighted by molar-refractivity contribution is 6.32. The van der Waals surface area contributed by atoms with Crippen LogP contribution < -0.4 is 10.1 Å². The number of rotatable bonds is 12. The molecule has 1 aromatic carbocycles. The number of aliphatic carboxylic acids is 1. The first-order valence-corrected chi connectivity index (χ1v) is 9.22. The molecule has 0 aliphatic heterocycles. The van der Waals surface area contributed by atoms with Gasteiger partial charge in [0.25, 0.3) is 0 Å². The van der Waals surface area contributed by atoms with E-state index in [0.717, 1.165) is 6.07 Å². The Bertz CT molecular complexity index is 716. The summed E-state index contributed by atoms with van der Waals surface area (Å²) in [5, 5.41) is 11.4. The predicted molar refractivity (Wildman–Crippen MR) is 102 cm³/mol. The van der Waals surface area contributed by atoms with Crippen LogP contribution in [0, 0.1) is 0 Å². The lowest BCUT2D eigenvalue weighted by Crippen LogP contribution is -2.46. The van der Waals surface area contributed by atoms with Gasteiger partial charge in [0.05, 0.1) is 11.6 Å². The molecule has 1 aromatic rings. The van der Waals surface area contributed by atoms with Crippen molar-refractivity contribution in [1.82, 2.24) is 4.90 Å². The van der Waals surface area contributed by atoms with Crippen molar-refractivity contribution in [3.8, 4) is 5.75 Å². The van der Waals surface area contributed by atoms with E-state index in [1.807, 2.05) is 0 Å². The van der Waals surface area contributed by atoms with E-state index in [1.165, 1.54) is 38.2 Å². The van der Waals surface area contributed by atoms with Crippen LogP contribution in [0.5, 0.6) is 5.75 Å². The smallest absolute Gasteiger partial charge is 0.481 e. The molecule has 2 N–H and O–H groups in total. The van der Waals surface area contributed by atoms with Crippen LogP contribution in [-0.4, -0.2) is 67.9 Å². The summed E-state index contributed by atoms with van der Waals surface area (Å²) in [6.07, 6.45) is -5.57. The number of carboxylic acids is 1. The summed E-state index contributed by atoms with van der Waals surface area (Å²) < 4.78 is 51.5. The maximum absolute atomic E-state index is 12.8. The minimum Gasteiger partial charge on any atom is -0.481 e. The molecule has 0 aliphatic rings. The average Bonchev–Trinajstić information content (AvgIpc) is 2.65. The molecule has 30 heavy (non-hydrogen) atoms. The Morgan fingerprint density at radius 2 is 1.90 bits per heavy atom. The molecular formula is C18H24ClF3N2O6. The van der Waals surface area contributed by atoms with Crippen LogP contribution in [0.1, 0.15) is 19.8 Å². The number of carbonyl (C=O) groups is 2. The second-order valence-electron chi connectivity index (χ2n) is 6.24. The van der Waals surface area contributed by atoms with Crippen molar-refractivity contribution in [3.63, 3.8) is 0 Å². The van der Waals surface area contributed by atoms with E-state index < -0.39 is 36.3 Å². The number of hydrogen-bond donors (Lipinski definition) is 2. The minimum atomic E-state index is -4.92. The van der Waals surface area contributed by atoms with Crippen molar-refractivity contribution < 1.29 is 42.1 Å². The number of methoxy groups -OCH3 is 2. The number of amides is 1. The van der Waals surface area contributed by atoms with Crippen LogP contribution in [0.25, 0.3) is 0 Å². The minimum absolute atomic E-state index is 0.0422. The lowest BCUT2D eigenvalue weighted by molar-refractivity contribution is -0.274. The Morgan fingerprint density at radius 3 is 2.43 bits per heavy atom. The highest BCUT2D eigenvalue weighted by Gasteiger charge is 2.32. The van der Waals surface area contributed by atoms with Crippen LogP contribution >= 0.6 is 11.6 Å². The van der Waals surface area contributed by atoms with Crippen LogP contribution in [0.2, 0.25) is 5.02 Å². The van der Waals surface area contributed by atoms with E-state index in [0.29, 0.717) is 0 Å². The molecule has 0 bridgehead atoms. The Hall–Kier alpha value is -2.24. The zero-order chi connectivity index (χ0) is 22.9. The molecule has 0 saturated carbocycles. The number of ether oxygens (including phenoxy) is 3. The molecule has 0 spiro atoms. The van der Waals surface area contributed by atoms with Crippen molar-refractivity contribution >= 4 is 29.2 Å². The van der Waals surface area contributed by atoms with Gasteiger partial charge in [0, 0.05) is 38.9 Å². The van der Waals surface area contributed by atoms with E-state index in [-0.39, 0.29) is 36.6 Å². The third-order valence-electron chi connectivity index (χ3n) is 3.94. The fraction of sp³-hybridized carbons (Fsp3) is 0.556. The normalized spacial score (nSPS) is 12.5. The molecule has 12 heteroatoms. The van der Waals surface area contributed by atoms with Crippen molar-refractivity contribution in [2.24, 2.45) is 0 Å². The first-order chi connectivity index (χ1) is 14.0. The summed E-state index contributed by atoms with van der Waals surface area (Å²) in [5.74, 6) is -2.03. The number of carbonyl (C=O) groups excluding carboxylic acids is 1. The van der Waals surface area contributed by atoms with Gasteiger partial charge in [0.2, 0.25) is 5.91 Å². The molecule has 170 valence electrons. The van der Waals surface area contributed by atoms with Gasteiger partial charge in [0.15, 0.2) is 6.29 Å². The molecule has 0 radical (unpaired) electrons. The van der Waals surface area contributed by atoms with Gasteiger partial charge in [-0.3, -0.25) is 9.59 Å². The van der Waals surface area contributed by atoms with Crippen LogP contribution in [0.15, 0.2) is 18.2 Å². The number of anilines is 1. The van der Waals surface area contributed by atoms with Gasteiger partial charge >= 0.3 is 12.3 Å². The summed E-state index contributed by atoms with van der Waals surface area (Å²) >= 11 is 5.72. The molecule has 0 saturated heterocycles. The van der Waals surface area contributed by atoms with Gasteiger partial charge in [-0.15, -0.1) is 13.2 Å².